The summed E-state index contributed by atoms with van der Waals surface area (Å²) in [4.78, 5) is 0. The van der Waals surface area contributed by atoms with Gasteiger partial charge in [0.1, 0.15) is 17.4 Å². The quantitative estimate of drug-likeness (QED) is 0.837. The molecule has 4 nitrogen and oxygen atoms in total. The van der Waals surface area contributed by atoms with Crippen molar-refractivity contribution in [2.45, 2.75) is 13.5 Å². The first kappa shape index (κ1) is 11.5. The van der Waals surface area contributed by atoms with E-state index in [1.807, 2.05) is 13.0 Å². The Balaban J connectivity index is 2.30. The number of aryl methyl sites for hydroxylation is 1. The molecule has 0 N–H and O–H groups in total. The van der Waals surface area contributed by atoms with E-state index in [0.29, 0.717) is 22.1 Å². The van der Waals surface area contributed by atoms with Crippen LogP contribution in [0.4, 0.5) is 0 Å². The maximum atomic E-state index is 8.99. The first-order valence-electron chi connectivity index (χ1n) is 5.13. The first-order valence-corrected chi connectivity index (χ1v) is 5.51. The van der Waals surface area contributed by atoms with Crippen molar-refractivity contribution in [2.24, 2.45) is 0 Å². The zero-order valence-corrected chi connectivity index (χ0v) is 9.98. The Bertz CT molecular complexity index is 571. The third-order valence-electron chi connectivity index (χ3n) is 2.25. The number of ether oxygens (including phenoxy) is 1. The van der Waals surface area contributed by atoms with Crippen LogP contribution in [0.1, 0.15) is 12.5 Å². The highest BCUT2D eigenvalue weighted by Crippen LogP contribution is 2.29. The molecule has 2 aromatic rings. The summed E-state index contributed by atoms with van der Waals surface area (Å²) in [6.45, 7) is 2.75. The molecule has 86 valence electrons. The van der Waals surface area contributed by atoms with Gasteiger partial charge in [0.25, 0.3) is 0 Å². The van der Waals surface area contributed by atoms with Crippen molar-refractivity contribution in [1.29, 1.82) is 5.26 Å². The van der Waals surface area contributed by atoms with E-state index in [0.717, 1.165) is 6.54 Å². The van der Waals surface area contributed by atoms with Crippen LogP contribution in [0.25, 0.3) is 0 Å². The van der Waals surface area contributed by atoms with Crippen LogP contribution in [0, 0.1) is 11.3 Å². The van der Waals surface area contributed by atoms with Gasteiger partial charge in [-0.3, -0.25) is 4.68 Å². The second kappa shape index (κ2) is 4.89. The number of hydrogen-bond acceptors (Lipinski definition) is 3. The van der Waals surface area contributed by atoms with Crippen molar-refractivity contribution in [3.8, 4) is 17.6 Å². The van der Waals surface area contributed by atoms with Crippen LogP contribution in [-0.4, -0.2) is 9.78 Å². The molecule has 0 saturated heterocycles. The molecule has 0 spiro atoms. The van der Waals surface area contributed by atoms with Crippen LogP contribution >= 0.6 is 11.6 Å². The van der Waals surface area contributed by atoms with Gasteiger partial charge in [-0.2, -0.15) is 10.4 Å². The molecule has 0 aliphatic carbocycles. The molecule has 0 saturated carbocycles. The van der Waals surface area contributed by atoms with Gasteiger partial charge in [0.15, 0.2) is 5.75 Å². The lowest BCUT2D eigenvalue weighted by Gasteiger charge is -2.05. The maximum Gasteiger partial charge on any atom is 0.165 e. The van der Waals surface area contributed by atoms with E-state index in [1.165, 1.54) is 0 Å². The molecule has 0 unspecified atom stereocenters. The van der Waals surface area contributed by atoms with Crippen LogP contribution in [0.5, 0.6) is 11.5 Å². The van der Waals surface area contributed by atoms with Gasteiger partial charge < -0.3 is 4.74 Å². The normalized spacial score (nSPS) is 9.94. The molecule has 2 rings (SSSR count). The number of benzene rings is 1. The summed E-state index contributed by atoms with van der Waals surface area (Å²) in [5.74, 6) is 1.03. The number of hydrogen-bond donors (Lipinski definition) is 0. The summed E-state index contributed by atoms with van der Waals surface area (Å²) in [7, 11) is 0. The Hall–Kier alpha value is -1.99. The lowest BCUT2D eigenvalue weighted by atomic mass is 10.2. The van der Waals surface area contributed by atoms with Crippen molar-refractivity contribution in [3.63, 3.8) is 0 Å². The van der Waals surface area contributed by atoms with E-state index >= 15 is 0 Å². The number of halogens is 1. The smallest absolute Gasteiger partial charge is 0.165 e. The molecular formula is C12H10ClN3O. The highest BCUT2D eigenvalue weighted by atomic mass is 35.5. The number of nitriles is 1. The summed E-state index contributed by atoms with van der Waals surface area (Å²) in [5.41, 5.74) is 0.332. The Morgan fingerprint density at radius 3 is 3.00 bits per heavy atom. The highest BCUT2D eigenvalue weighted by Gasteiger charge is 2.09. The van der Waals surface area contributed by atoms with Crippen LogP contribution in [0.2, 0.25) is 5.02 Å². The Labute approximate surface area is 104 Å². The summed E-state index contributed by atoms with van der Waals surface area (Å²) < 4.78 is 7.32. The van der Waals surface area contributed by atoms with Gasteiger partial charge in [-0.05, 0) is 19.1 Å². The van der Waals surface area contributed by atoms with Crippen molar-refractivity contribution in [2.75, 3.05) is 0 Å². The van der Waals surface area contributed by atoms with Crippen molar-refractivity contribution in [1.82, 2.24) is 9.78 Å². The predicted molar refractivity (Wildman–Crippen MR) is 64.1 cm³/mol. The predicted octanol–water partition coefficient (Wildman–Crippen LogP) is 3.22. The Kier molecular flexibility index (Phi) is 3.31. The zero-order chi connectivity index (χ0) is 12.3. The van der Waals surface area contributed by atoms with E-state index in [-0.39, 0.29) is 0 Å². The SMILES string of the molecule is CCn1cc(Oc2cccc(Cl)c2C#N)cn1. The molecule has 0 fully saturated rings. The van der Waals surface area contributed by atoms with Gasteiger partial charge in [-0.1, -0.05) is 17.7 Å². The zero-order valence-electron chi connectivity index (χ0n) is 9.22. The maximum absolute atomic E-state index is 8.99. The minimum atomic E-state index is 0.332. The van der Waals surface area contributed by atoms with E-state index in [4.69, 9.17) is 21.6 Å². The number of nitrogens with zero attached hydrogens (tertiary/aromatic N) is 3. The molecule has 1 heterocycles. The summed E-state index contributed by atoms with van der Waals surface area (Å²) in [6.07, 6.45) is 3.37. The first-order chi connectivity index (χ1) is 8.24. The molecule has 5 heteroatoms. The van der Waals surface area contributed by atoms with Gasteiger partial charge in [0.2, 0.25) is 0 Å². The van der Waals surface area contributed by atoms with E-state index < -0.39 is 0 Å². The fraction of sp³-hybridized carbons (Fsp3) is 0.167. The van der Waals surface area contributed by atoms with Crippen LogP contribution < -0.4 is 4.74 Å². The standard InChI is InChI=1S/C12H10ClN3O/c1-2-16-8-9(7-15-16)17-12-5-3-4-11(13)10(12)6-14/h3-5,7-8H,2H2,1H3. The molecule has 1 aromatic heterocycles. The monoisotopic (exact) mass is 247 g/mol. The van der Waals surface area contributed by atoms with Gasteiger partial charge in [-0.25, -0.2) is 0 Å². The molecule has 0 aliphatic rings. The Morgan fingerprint density at radius 2 is 2.35 bits per heavy atom. The molecule has 0 amide bonds. The van der Waals surface area contributed by atoms with Crippen LogP contribution in [0.3, 0.4) is 0 Å². The topological polar surface area (TPSA) is 50.8 Å². The number of rotatable bonds is 3. The average Bonchev–Trinajstić information content (AvgIpc) is 2.77. The second-order valence-electron chi connectivity index (χ2n) is 3.36. The molecule has 0 radical (unpaired) electrons. The van der Waals surface area contributed by atoms with E-state index in [1.54, 1.807) is 35.3 Å². The van der Waals surface area contributed by atoms with Crippen LogP contribution in [-0.2, 0) is 6.54 Å². The minimum Gasteiger partial charge on any atom is -0.453 e. The van der Waals surface area contributed by atoms with Gasteiger partial charge >= 0.3 is 0 Å². The van der Waals surface area contributed by atoms with E-state index in [9.17, 15) is 0 Å². The fourth-order valence-corrected chi connectivity index (χ4v) is 1.60. The van der Waals surface area contributed by atoms with Crippen molar-refractivity contribution < 1.29 is 4.74 Å². The van der Waals surface area contributed by atoms with Gasteiger partial charge in [0, 0.05) is 6.54 Å². The largest absolute Gasteiger partial charge is 0.453 e. The summed E-state index contributed by atoms with van der Waals surface area (Å²) in [6, 6.07) is 7.12. The minimum absolute atomic E-state index is 0.332. The number of aromatic nitrogens is 2. The van der Waals surface area contributed by atoms with Gasteiger partial charge in [0.05, 0.1) is 17.4 Å². The molecule has 17 heavy (non-hydrogen) atoms. The molecule has 0 atom stereocenters. The van der Waals surface area contributed by atoms with Gasteiger partial charge in [-0.15, -0.1) is 0 Å². The summed E-state index contributed by atoms with van der Waals surface area (Å²) >= 11 is 5.90. The van der Waals surface area contributed by atoms with E-state index in [2.05, 4.69) is 5.10 Å². The molecule has 0 aliphatic heterocycles. The molecule has 1 aromatic carbocycles. The van der Waals surface area contributed by atoms with Crippen LogP contribution in [0.15, 0.2) is 30.6 Å². The second-order valence-corrected chi connectivity index (χ2v) is 3.77. The third kappa shape index (κ3) is 2.40. The molecular weight excluding hydrogens is 238 g/mol. The summed E-state index contributed by atoms with van der Waals surface area (Å²) in [5, 5.41) is 13.5. The lowest BCUT2D eigenvalue weighted by Crippen LogP contribution is -1.92. The Morgan fingerprint density at radius 1 is 1.53 bits per heavy atom. The lowest BCUT2D eigenvalue weighted by molar-refractivity contribution is 0.479. The molecule has 0 bridgehead atoms. The van der Waals surface area contributed by atoms with Crippen molar-refractivity contribution in [3.05, 3.63) is 41.2 Å². The van der Waals surface area contributed by atoms with Crippen molar-refractivity contribution >= 4 is 11.6 Å². The average molecular weight is 248 g/mol. The fourth-order valence-electron chi connectivity index (χ4n) is 1.40. The highest BCUT2D eigenvalue weighted by molar-refractivity contribution is 6.31. The third-order valence-corrected chi connectivity index (χ3v) is 2.56.